The summed E-state index contributed by atoms with van der Waals surface area (Å²) in [5.41, 5.74) is 3.97. The fourth-order valence-corrected chi connectivity index (χ4v) is 2.25. The Labute approximate surface area is 99.0 Å². The predicted molar refractivity (Wildman–Crippen MR) is 66.0 cm³/mol. The zero-order chi connectivity index (χ0) is 11.2. The Balaban J connectivity index is 3.04. The van der Waals surface area contributed by atoms with Gasteiger partial charge in [-0.05, 0) is 43.5 Å². The molecule has 15 heavy (non-hydrogen) atoms. The molecule has 0 radical (unpaired) electrons. The van der Waals surface area contributed by atoms with E-state index in [4.69, 9.17) is 23.2 Å². The first-order valence-electron chi connectivity index (χ1n) is 4.73. The summed E-state index contributed by atoms with van der Waals surface area (Å²) in [6, 6.07) is 1.93. The van der Waals surface area contributed by atoms with Crippen molar-refractivity contribution < 1.29 is 0 Å². The Morgan fingerprint density at radius 2 is 1.73 bits per heavy atom. The first kappa shape index (κ1) is 10.7. The van der Waals surface area contributed by atoms with Crippen molar-refractivity contribution in [1.82, 2.24) is 4.98 Å². The van der Waals surface area contributed by atoms with Crippen molar-refractivity contribution in [3.05, 3.63) is 39.0 Å². The Bertz CT molecular complexity index is 539. The van der Waals surface area contributed by atoms with E-state index in [2.05, 4.69) is 4.98 Å². The summed E-state index contributed by atoms with van der Waals surface area (Å²) >= 11 is 12.4. The molecule has 0 aliphatic carbocycles. The quantitative estimate of drug-likeness (QED) is 0.662. The van der Waals surface area contributed by atoms with Crippen LogP contribution in [0.15, 0.2) is 12.3 Å². The summed E-state index contributed by atoms with van der Waals surface area (Å²) in [6.45, 7) is 5.91. The molecule has 2 rings (SSSR count). The molecule has 1 nitrogen and oxygen atoms in total. The Morgan fingerprint density at radius 3 is 2.40 bits per heavy atom. The van der Waals surface area contributed by atoms with Crippen molar-refractivity contribution in [2.75, 3.05) is 0 Å². The van der Waals surface area contributed by atoms with E-state index < -0.39 is 0 Å². The van der Waals surface area contributed by atoms with Gasteiger partial charge in [0, 0.05) is 16.6 Å². The molecule has 1 heterocycles. The van der Waals surface area contributed by atoms with E-state index in [9.17, 15) is 0 Å². The molecular weight excluding hydrogens is 229 g/mol. The molecule has 0 amide bonds. The van der Waals surface area contributed by atoms with Crippen molar-refractivity contribution in [3.8, 4) is 0 Å². The number of aromatic nitrogens is 1. The number of hydrogen-bond donors (Lipinski definition) is 0. The number of nitrogens with zero attached hydrogens (tertiary/aromatic N) is 1. The third-order valence-electron chi connectivity index (χ3n) is 2.64. The van der Waals surface area contributed by atoms with E-state index >= 15 is 0 Å². The van der Waals surface area contributed by atoms with Crippen LogP contribution in [-0.2, 0) is 0 Å². The highest BCUT2D eigenvalue weighted by molar-refractivity contribution is 6.38. The number of benzene rings is 1. The number of fused-ring (bicyclic) bond motifs is 1. The first-order valence-corrected chi connectivity index (χ1v) is 5.48. The average Bonchev–Trinajstić information content (AvgIpc) is 2.19. The highest BCUT2D eigenvalue weighted by Gasteiger charge is 2.11. The molecule has 0 aliphatic heterocycles. The van der Waals surface area contributed by atoms with E-state index in [1.165, 1.54) is 0 Å². The van der Waals surface area contributed by atoms with Gasteiger partial charge in [-0.1, -0.05) is 23.2 Å². The highest BCUT2D eigenvalue weighted by atomic mass is 35.5. The lowest BCUT2D eigenvalue weighted by molar-refractivity contribution is 1.30. The second-order valence-corrected chi connectivity index (χ2v) is 4.56. The minimum absolute atomic E-state index is 0.745. The maximum atomic E-state index is 6.28. The Morgan fingerprint density at radius 1 is 1.07 bits per heavy atom. The zero-order valence-electron chi connectivity index (χ0n) is 8.86. The van der Waals surface area contributed by atoms with Gasteiger partial charge < -0.3 is 0 Å². The first-order chi connectivity index (χ1) is 7.02. The molecule has 0 fully saturated rings. The number of hydrogen-bond acceptors (Lipinski definition) is 1. The second kappa shape index (κ2) is 3.66. The SMILES string of the molecule is Cc1cnc2c(C)cc(Cl)c(C)c2c1Cl. The lowest BCUT2D eigenvalue weighted by Crippen LogP contribution is -1.91. The zero-order valence-corrected chi connectivity index (χ0v) is 10.4. The lowest BCUT2D eigenvalue weighted by atomic mass is 10.0. The molecule has 0 atom stereocenters. The van der Waals surface area contributed by atoms with Crippen LogP contribution in [0.4, 0.5) is 0 Å². The normalized spacial score (nSPS) is 11.0. The van der Waals surface area contributed by atoms with Gasteiger partial charge in [0.1, 0.15) is 0 Å². The van der Waals surface area contributed by atoms with Crippen LogP contribution in [0.2, 0.25) is 10.0 Å². The maximum absolute atomic E-state index is 6.28. The number of rotatable bonds is 0. The molecule has 2 aromatic rings. The molecule has 0 unspecified atom stereocenters. The molecule has 0 N–H and O–H groups in total. The topological polar surface area (TPSA) is 12.9 Å². The van der Waals surface area contributed by atoms with Gasteiger partial charge >= 0.3 is 0 Å². The monoisotopic (exact) mass is 239 g/mol. The van der Waals surface area contributed by atoms with Crippen LogP contribution >= 0.6 is 23.2 Å². The molecule has 78 valence electrons. The van der Waals surface area contributed by atoms with Gasteiger partial charge in [0.2, 0.25) is 0 Å². The van der Waals surface area contributed by atoms with Crippen molar-refractivity contribution in [2.24, 2.45) is 0 Å². The summed E-state index contributed by atoms with van der Waals surface area (Å²) in [5.74, 6) is 0. The summed E-state index contributed by atoms with van der Waals surface area (Å²) < 4.78 is 0. The Kier molecular flexibility index (Phi) is 2.61. The summed E-state index contributed by atoms with van der Waals surface area (Å²) in [6.07, 6.45) is 1.80. The van der Waals surface area contributed by atoms with Crippen LogP contribution in [0.1, 0.15) is 16.7 Å². The molecule has 3 heteroatoms. The fourth-order valence-electron chi connectivity index (χ4n) is 1.71. The molecule has 0 spiro atoms. The van der Waals surface area contributed by atoms with Crippen LogP contribution in [0.25, 0.3) is 10.9 Å². The molecular formula is C12H11Cl2N. The predicted octanol–water partition coefficient (Wildman–Crippen LogP) is 4.47. The summed E-state index contributed by atoms with van der Waals surface area (Å²) in [4.78, 5) is 4.40. The van der Waals surface area contributed by atoms with Crippen molar-refractivity contribution in [1.29, 1.82) is 0 Å². The van der Waals surface area contributed by atoms with Crippen molar-refractivity contribution in [2.45, 2.75) is 20.8 Å². The lowest BCUT2D eigenvalue weighted by Gasteiger charge is -2.10. The highest BCUT2D eigenvalue weighted by Crippen LogP contribution is 2.33. The van der Waals surface area contributed by atoms with E-state index in [0.717, 1.165) is 37.6 Å². The van der Waals surface area contributed by atoms with E-state index in [1.54, 1.807) is 6.20 Å². The van der Waals surface area contributed by atoms with Crippen LogP contribution in [0.5, 0.6) is 0 Å². The van der Waals surface area contributed by atoms with Gasteiger partial charge in [-0.25, -0.2) is 0 Å². The number of pyridine rings is 1. The van der Waals surface area contributed by atoms with Crippen LogP contribution in [-0.4, -0.2) is 4.98 Å². The molecule has 1 aromatic carbocycles. The summed E-state index contributed by atoms with van der Waals surface area (Å²) in [5, 5.41) is 2.47. The molecule has 1 aromatic heterocycles. The smallest absolute Gasteiger partial charge is 0.0750 e. The molecule has 0 bridgehead atoms. The maximum Gasteiger partial charge on any atom is 0.0750 e. The van der Waals surface area contributed by atoms with Crippen molar-refractivity contribution >= 4 is 34.1 Å². The molecule has 0 saturated heterocycles. The van der Waals surface area contributed by atoms with Gasteiger partial charge in [-0.2, -0.15) is 0 Å². The van der Waals surface area contributed by atoms with E-state index in [0.29, 0.717) is 0 Å². The van der Waals surface area contributed by atoms with Gasteiger partial charge in [0.25, 0.3) is 0 Å². The van der Waals surface area contributed by atoms with Gasteiger partial charge in [-0.15, -0.1) is 0 Å². The van der Waals surface area contributed by atoms with Gasteiger partial charge in [0.05, 0.1) is 10.5 Å². The minimum atomic E-state index is 0.745. The minimum Gasteiger partial charge on any atom is -0.256 e. The van der Waals surface area contributed by atoms with Crippen LogP contribution in [0, 0.1) is 20.8 Å². The standard InChI is InChI=1S/C12H11Cl2N/c1-6-4-9(13)8(3)10-11(14)7(2)5-15-12(6)10/h4-5H,1-3H3. The number of halogens is 2. The summed E-state index contributed by atoms with van der Waals surface area (Å²) in [7, 11) is 0. The number of aryl methyl sites for hydroxylation is 3. The second-order valence-electron chi connectivity index (χ2n) is 3.78. The van der Waals surface area contributed by atoms with Gasteiger partial charge in [-0.3, -0.25) is 4.98 Å². The van der Waals surface area contributed by atoms with Crippen LogP contribution in [0.3, 0.4) is 0 Å². The Hall–Kier alpha value is -0.790. The average molecular weight is 240 g/mol. The van der Waals surface area contributed by atoms with Crippen molar-refractivity contribution in [3.63, 3.8) is 0 Å². The third kappa shape index (κ3) is 1.60. The fraction of sp³-hybridized carbons (Fsp3) is 0.250. The molecule has 0 aliphatic rings. The molecule has 0 saturated carbocycles. The largest absolute Gasteiger partial charge is 0.256 e. The van der Waals surface area contributed by atoms with Gasteiger partial charge in [0.15, 0.2) is 0 Å². The van der Waals surface area contributed by atoms with E-state index in [1.807, 2.05) is 26.8 Å². The van der Waals surface area contributed by atoms with Crippen LogP contribution < -0.4 is 0 Å². The third-order valence-corrected chi connectivity index (χ3v) is 3.52. The van der Waals surface area contributed by atoms with E-state index in [-0.39, 0.29) is 0 Å².